The molecule has 2 N–H and O–H groups in total. The molecule has 82 valence electrons. The van der Waals surface area contributed by atoms with Crippen molar-refractivity contribution < 1.29 is 18.3 Å². The Morgan fingerprint density at radius 3 is 2.53 bits per heavy atom. The van der Waals surface area contributed by atoms with E-state index in [1.807, 2.05) is 27.3 Å². The van der Waals surface area contributed by atoms with Gasteiger partial charge in [-0.2, -0.15) is 4.72 Å². The maximum Gasteiger partial charge on any atom is 0.318 e. The first-order valence-electron chi connectivity index (χ1n) is 3.89. The molecule has 0 spiro atoms. The minimum atomic E-state index is -3.72. The second-order valence-electron chi connectivity index (χ2n) is 2.65. The maximum absolute atomic E-state index is 11.6. The van der Waals surface area contributed by atoms with Gasteiger partial charge in [0.1, 0.15) is 6.54 Å². The highest BCUT2D eigenvalue weighted by atomic mass is 127. The summed E-state index contributed by atoms with van der Waals surface area (Å²) in [6.07, 6.45) is 0. The fourth-order valence-electron chi connectivity index (χ4n) is 0.897. The molecule has 1 rings (SSSR count). The number of nitrogens with one attached hydrogen (secondary N) is 1. The topological polar surface area (TPSA) is 83.5 Å². The Kier molecular flexibility index (Phi) is 4.05. The second kappa shape index (κ2) is 4.90. The summed E-state index contributed by atoms with van der Waals surface area (Å²) in [7, 11) is -3.72. The van der Waals surface area contributed by atoms with Crippen LogP contribution in [0.25, 0.3) is 0 Å². The minimum absolute atomic E-state index is 0.0897. The number of sulfonamides is 1. The third kappa shape index (κ3) is 3.43. The molecule has 0 bridgehead atoms. The molecule has 5 nitrogen and oxygen atoms in total. The molecule has 0 fully saturated rings. The van der Waals surface area contributed by atoms with Crippen molar-refractivity contribution in [1.82, 2.24) is 4.72 Å². The number of hydrogen-bond acceptors (Lipinski definition) is 3. The number of hydrogen-bond donors (Lipinski definition) is 2. The van der Waals surface area contributed by atoms with Gasteiger partial charge in [-0.15, -0.1) is 0 Å². The molecule has 0 atom stereocenters. The lowest BCUT2D eigenvalue weighted by Gasteiger charge is -2.05. The van der Waals surface area contributed by atoms with E-state index in [4.69, 9.17) is 5.11 Å². The summed E-state index contributed by atoms with van der Waals surface area (Å²) in [5, 5.41) is 8.36. The van der Waals surface area contributed by atoms with Crippen molar-refractivity contribution in [3.05, 3.63) is 27.8 Å². The van der Waals surface area contributed by atoms with Crippen molar-refractivity contribution in [1.29, 1.82) is 0 Å². The van der Waals surface area contributed by atoms with Crippen LogP contribution in [0.1, 0.15) is 0 Å². The van der Waals surface area contributed by atoms with Gasteiger partial charge in [-0.25, -0.2) is 8.42 Å². The fraction of sp³-hybridized carbons (Fsp3) is 0.125. The van der Waals surface area contributed by atoms with Crippen LogP contribution >= 0.6 is 22.6 Å². The molecular formula is C8H8INO4S. The summed E-state index contributed by atoms with van der Waals surface area (Å²) in [4.78, 5) is 10.3. The van der Waals surface area contributed by atoms with E-state index >= 15 is 0 Å². The molecule has 1 aromatic carbocycles. The number of rotatable bonds is 4. The largest absolute Gasteiger partial charge is 0.480 e. The highest BCUT2D eigenvalue weighted by Crippen LogP contribution is 2.16. The SMILES string of the molecule is O=C(O)CNS(=O)(=O)c1ccccc1I. The van der Waals surface area contributed by atoms with Crippen LogP contribution in [0.3, 0.4) is 0 Å². The first kappa shape index (κ1) is 12.4. The van der Waals surface area contributed by atoms with E-state index in [2.05, 4.69) is 0 Å². The Morgan fingerprint density at radius 2 is 2.00 bits per heavy atom. The van der Waals surface area contributed by atoms with Gasteiger partial charge in [0.15, 0.2) is 0 Å². The van der Waals surface area contributed by atoms with Gasteiger partial charge in [0, 0.05) is 3.57 Å². The van der Waals surface area contributed by atoms with Gasteiger partial charge in [-0.05, 0) is 34.7 Å². The van der Waals surface area contributed by atoms with E-state index in [1.165, 1.54) is 6.07 Å². The third-order valence-corrected chi connectivity index (χ3v) is 4.31. The van der Waals surface area contributed by atoms with Crippen molar-refractivity contribution in [2.45, 2.75) is 4.90 Å². The predicted octanol–water partition coefficient (Wildman–Crippen LogP) is 0.654. The van der Waals surface area contributed by atoms with Gasteiger partial charge in [0.25, 0.3) is 0 Å². The lowest BCUT2D eigenvalue weighted by atomic mass is 10.4. The quantitative estimate of drug-likeness (QED) is 0.788. The zero-order chi connectivity index (χ0) is 11.5. The molecule has 0 aliphatic heterocycles. The summed E-state index contributed by atoms with van der Waals surface area (Å²) in [5.74, 6) is -1.22. The lowest BCUT2D eigenvalue weighted by molar-refractivity contribution is -0.135. The summed E-state index contributed by atoms with van der Waals surface area (Å²) in [6.45, 7) is -0.618. The summed E-state index contributed by atoms with van der Waals surface area (Å²) in [5.41, 5.74) is 0. The molecule has 0 heterocycles. The van der Waals surface area contributed by atoms with Gasteiger partial charge in [0.2, 0.25) is 10.0 Å². The average Bonchev–Trinajstić information content (AvgIpc) is 2.15. The molecule has 0 aliphatic carbocycles. The van der Waals surface area contributed by atoms with Crippen LogP contribution in [0.15, 0.2) is 29.2 Å². The Bertz CT molecular complexity index is 471. The van der Waals surface area contributed by atoms with E-state index in [0.29, 0.717) is 3.57 Å². The molecule has 1 aromatic rings. The Hall–Kier alpha value is -0.670. The number of benzene rings is 1. The molecule has 0 saturated carbocycles. The second-order valence-corrected chi connectivity index (χ2v) is 5.55. The minimum Gasteiger partial charge on any atom is -0.480 e. The van der Waals surface area contributed by atoms with Crippen molar-refractivity contribution in [3.63, 3.8) is 0 Å². The van der Waals surface area contributed by atoms with Crippen molar-refractivity contribution in [2.75, 3.05) is 6.54 Å². The van der Waals surface area contributed by atoms with Crippen LogP contribution in [-0.4, -0.2) is 26.0 Å². The van der Waals surface area contributed by atoms with Crippen LogP contribution in [0.2, 0.25) is 0 Å². The van der Waals surface area contributed by atoms with Gasteiger partial charge in [0.05, 0.1) is 4.90 Å². The molecule has 0 amide bonds. The molecule has 0 radical (unpaired) electrons. The van der Waals surface area contributed by atoms with Crippen LogP contribution < -0.4 is 4.72 Å². The molecule has 7 heteroatoms. The number of carboxylic acid groups (broad SMARTS) is 1. The zero-order valence-corrected chi connectivity index (χ0v) is 10.4. The van der Waals surface area contributed by atoms with E-state index in [-0.39, 0.29) is 4.90 Å². The number of halogens is 1. The van der Waals surface area contributed by atoms with Crippen LogP contribution in [0.4, 0.5) is 0 Å². The predicted molar refractivity (Wildman–Crippen MR) is 62.0 cm³/mol. The molecule has 0 aromatic heterocycles. The van der Waals surface area contributed by atoms with E-state index in [9.17, 15) is 13.2 Å². The Morgan fingerprint density at radius 1 is 1.40 bits per heavy atom. The Labute approximate surface area is 101 Å². The molecule has 0 saturated heterocycles. The lowest BCUT2D eigenvalue weighted by Crippen LogP contribution is -2.29. The average molecular weight is 341 g/mol. The third-order valence-electron chi connectivity index (χ3n) is 1.54. The van der Waals surface area contributed by atoms with Crippen molar-refractivity contribution in [3.8, 4) is 0 Å². The highest BCUT2D eigenvalue weighted by Gasteiger charge is 2.17. The normalized spacial score (nSPS) is 11.3. The summed E-state index contributed by atoms with van der Waals surface area (Å²) < 4.78 is 25.7. The first-order valence-corrected chi connectivity index (χ1v) is 6.45. The maximum atomic E-state index is 11.6. The number of carbonyl (C=O) groups is 1. The molecule has 15 heavy (non-hydrogen) atoms. The molecule has 0 aliphatic rings. The van der Waals surface area contributed by atoms with Crippen molar-refractivity contribution in [2.24, 2.45) is 0 Å². The van der Waals surface area contributed by atoms with Crippen LogP contribution in [0.5, 0.6) is 0 Å². The van der Waals surface area contributed by atoms with Gasteiger partial charge >= 0.3 is 5.97 Å². The van der Waals surface area contributed by atoms with Crippen LogP contribution in [-0.2, 0) is 14.8 Å². The fourth-order valence-corrected chi connectivity index (χ4v) is 3.21. The van der Waals surface area contributed by atoms with Crippen LogP contribution in [0, 0.1) is 3.57 Å². The van der Waals surface area contributed by atoms with E-state index < -0.39 is 22.5 Å². The Balaban J connectivity index is 2.97. The van der Waals surface area contributed by atoms with Gasteiger partial charge < -0.3 is 5.11 Å². The smallest absolute Gasteiger partial charge is 0.318 e. The standard InChI is InChI=1S/C8H8INO4S/c9-6-3-1-2-4-7(6)15(13,14)10-5-8(11)12/h1-4,10H,5H2,(H,11,12). The van der Waals surface area contributed by atoms with E-state index in [1.54, 1.807) is 18.2 Å². The summed E-state index contributed by atoms with van der Waals surface area (Å²) in [6, 6.07) is 6.34. The molecular weight excluding hydrogens is 333 g/mol. The van der Waals surface area contributed by atoms with Gasteiger partial charge in [-0.1, -0.05) is 12.1 Å². The molecule has 0 unspecified atom stereocenters. The highest BCUT2D eigenvalue weighted by molar-refractivity contribution is 14.1. The van der Waals surface area contributed by atoms with E-state index in [0.717, 1.165) is 0 Å². The van der Waals surface area contributed by atoms with Crippen molar-refractivity contribution >= 4 is 38.6 Å². The number of carboxylic acids is 1. The van der Waals surface area contributed by atoms with Gasteiger partial charge in [-0.3, -0.25) is 4.79 Å². The summed E-state index contributed by atoms with van der Waals surface area (Å²) >= 11 is 1.88. The first-order chi connectivity index (χ1) is 6.93. The number of aliphatic carboxylic acids is 1. The monoisotopic (exact) mass is 341 g/mol. The zero-order valence-electron chi connectivity index (χ0n) is 7.47.